The van der Waals surface area contributed by atoms with Crippen LogP contribution < -0.4 is 10.6 Å². The van der Waals surface area contributed by atoms with Crippen molar-refractivity contribution >= 4 is 29.3 Å². The van der Waals surface area contributed by atoms with Crippen molar-refractivity contribution in [2.75, 3.05) is 30.8 Å². The van der Waals surface area contributed by atoms with Crippen LogP contribution in [0.1, 0.15) is 30.6 Å². The van der Waals surface area contributed by atoms with Gasteiger partial charge in [-0.2, -0.15) is 0 Å². The zero-order chi connectivity index (χ0) is 20.2. The van der Waals surface area contributed by atoms with E-state index in [1.165, 1.54) is 0 Å². The first-order chi connectivity index (χ1) is 13.6. The molecule has 0 saturated carbocycles. The average molecular weight is 401 g/mol. The third kappa shape index (κ3) is 7.74. The highest BCUT2D eigenvalue weighted by molar-refractivity contribution is 7.99. The molecule has 0 aliphatic rings. The molecule has 0 spiro atoms. The SMILES string of the molecule is CCOCCCNC(=O)c1cccc(NC(=O)C(C)CSc2ccccc2)c1. The molecule has 2 aromatic carbocycles. The summed E-state index contributed by atoms with van der Waals surface area (Å²) in [5, 5.41) is 5.77. The molecule has 0 aliphatic heterocycles. The quantitative estimate of drug-likeness (QED) is 0.438. The molecule has 0 aromatic heterocycles. The van der Waals surface area contributed by atoms with Gasteiger partial charge in [0.25, 0.3) is 5.91 Å². The third-order valence-corrected chi connectivity index (χ3v) is 5.31. The Labute approximate surface area is 171 Å². The molecule has 0 radical (unpaired) electrons. The Morgan fingerprint density at radius 1 is 1.11 bits per heavy atom. The number of amides is 2. The molecule has 1 unspecified atom stereocenters. The molecule has 5 nitrogen and oxygen atoms in total. The van der Waals surface area contributed by atoms with E-state index in [-0.39, 0.29) is 17.7 Å². The molecule has 6 heteroatoms. The lowest BCUT2D eigenvalue weighted by molar-refractivity contribution is -0.118. The van der Waals surface area contributed by atoms with Crippen LogP contribution in [-0.2, 0) is 9.53 Å². The number of nitrogens with one attached hydrogen (secondary N) is 2. The van der Waals surface area contributed by atoms with E-state index >= 15 is 0 Å². The molecule has 2 amide bonds. The van der Waals surface area contributed by atoms with Crippen LogP contribution in [0, 0.1) is 5.92 Å². The third-order valence-electron chi connectivity index (χ3n) is 4.04. The number of anilines is 1. The van der Waals surface area contributed by atoms with Gasteiger partial charge in [-0.05, 0) is 43.7 Å². The van der Waals surface area contributed by atoms with Gasteiger partial charge in [0, 0.05) is 47.6 Å². The van der Waals surface area contributed by atoms with Gasteiger partial charge in [0.1, 0.15) is 0 Å². The molecule has 0 bridgehead atoms. The van der Waals surface area contributed by atoms with Gasteiger partial charge in [-0.1, -0.05) is 31.2 Å². The second-order valence-corrected chi connectivity index (χ2v) is 7.49. The van der Waals surface area contributed by atoms with Crippen LogP contribution in [0.4, 0.5) is 5.69 Å². The number of thioether (sulfide) groups is 1. The Morgan fingerprint density at radius 3 is 2.64 bits per heavy atom. The predicted octanol–water partition coefficient (Wildman–Crippen LogP) is 4.21. The van der Waals surface area contributed by atoms with Gasteiger partial charge in [0.15, 0.2) is 0 Å². The summed E-state index contributed by atoms with van der Waals surface area (Å²) in [6.07, 6.45) is 0.770. The normalized spacial score (nSPS) is 11.6. The highest BCUT2D eigenvalue weighted by Crippen LogP contribution is 2.21. The molecule has 0 aliphatic carbocycles. The molecule has 0 saturated heterocycles. The summed E-state index contributed by atoms with van der Waals surface area (Å²) >= 11 is 1.65. The Balaban J connectivity index is 1.82. The molecule has 2 N–H and O–H groups in total. The van der Waals surface area contributed by atoms with Crippen molar-refractivity contribution in [3.63, 3.8) is 0 Å². The fraction of sp³-hybridized carbons (Fsp3) is 0.364. The van der Waals surface area contributed by atoms with Crippen molar-refractivity contribution in [3.05, 3.63) is 60.2 Å². The standard InChI is InChI=1S/C22H28N2O3S/c1-3-27-14-8-13-23-22(26)18-9-7-10-19(15-18)24-21(25)17(2)16-28-20-11-5-4-6-12-20/h4-7,9-12,15,17H,3,8,13-14,16H2,1-2H3,(H,23,26)(H,24,25). The maximum absolute atomic E-state index is 12.4. The topological polar surface area (TPSA) is 67.4 Å². The van der Waals surface area contributed by atoms with Gasteiger partial charge in [-0.3, -0.25) is 9.59 Å². The molecule has 0 fully saturated rings. The largest absolute Gasteiger partial charge is 0.382 e. The summed E-state index contributed by atoms with van der Waals surface area (Å²) in [6, 6.07) is 17.0. The van der Waals surface area contributed by atoms with Crippen molar-refractivity contribution in [1.29, 1.82) is 0 Å². The smallest absolute Gasteiger partial charge is 0.251 e. The summed E-state index contributed by atoms with van der Waals surface area (Å²) in [5.74, 6) is 0.329. The van der Waals surface area contributed by atoms with Crippen LogP contribution in [0.5, 0.6) is 0 Å². The molecular formula is C22H28N2O3S. The van der Waals surface area contributed by atoms with Gasteiger partial charge in [0.2, 0.25) is 5.91 Å². The molecule has 2 rings (SSSR count). The van der Waals surface area contributed by atoms with E-state index in [0.29, 0.717) is 36.8 Å². The van der Waals surface area contributed by atoms with Crippen molar-refractivity contribution in [1.82, 2.24) is 5.32 Å². The minimum Gasteiger partial charge on any atom is -0.382 e. The highest BCUT2D eigenvalue weighted by atomic mass is 32.2. The highest BCUT2D eigenvalue weighted by Gasteiger charge is 2.14. The Morgan fingerprint density at radius 2 is 1.89 bits per heavy atom. The van der Waals surface area contributed by atoms with Gasteiger partial charge in [0.05, 0.1) is 0 Å². The fourth-order valence-electron chi connectivity index (χ4n) is 2.44. The monoisotopic (exact) mass is 400 g/mol. The van der Waals surface area contributed by atoms with E-state index in [2.05, 4.69) is 10.6 Å². The van der Waals surface area contributed by atoms with Crippen molar-refractivity contribution < 1.29 is 14.3 Å². The number of carbonyl (C=O) groups is 2. The lowest BCUT2D eigenvalue weighted by atomic mass is 10.1. The number of ether oxygens (including phenoxy) is 1. The average Bonchev–Trinajstić information content (AvgIpc) is 2.72. The Hall–Kier alpha value is -2.31. The zero-order valence-corrected chi connectivity index (χ0v) is 17.3. The number of benzene rings is 2. The van der Waals surface area contributed by atoms with Gasteiger partial charge < -0.3 is 15.4 Å². The minimum atomic E-state index is -0.153. The lowest BCUT2D eigenvalue weighted by Crippen LogP contribution is -2.26. The van der Waals surface area contributed by atoms with Crippen LogP contribution in [0.15, 0.2) is 59.5 Å². The summed E-state index contributed by atoms with van der Waals surface area (Å²) < 4.78 is 5.25. The first-order valence-corrected chi connectivity index (χ1v) is 10.5. The zero-order valence-electron chi connectivity index (χ0n) is 16.4. The van der Waals surface area contributed by atoms with Crippen LogP contribution in [0.25, 0.3) is 0 Å². The first kappa shape index (κ1) is 22.0. The summed E-state index contributed by atoms with van der Waals surface area (Å²) in [7, 11) is 0. The van der Waals surface area contributed by atoms with Crippen LogP contribution in [0.2, 0.25) is 0 Å². The second-order valence-electron chi connectivity index (χ2n) is 6.40. The van der Waals surface area contributed by atoms with Crippen molar-refractivity contribution in [2.45, 2.75) is 25.2 Å². The molecular weight excluding hydrogens is 372 g/mol. The Kier molecular flexibility index (Phi) is 9.59. The van der Waals surface area contributed by atoms with Gasteiger partial charge >= 0.3 is 0 Å². The van der Waals surface area contributed by atoms with Crippen LogP contribution >= 0.6 is 11.8 Å². The van der Waals surface area contributed by atoms with Crippen molar-refractivity contribution in [3.8, 4) is 0 Å². The fourth-order valence-corrected chi connectivity index (χ4v) is 3.38. The van der Waals surface area contributed by atoms with Crippen LogP contribution in [0.3, 0.4) is 0 Å². The summed E-state index contributed by atoms with van der Waals surface area (Å²) in [5.41, 5.74) is 1.16. The summed E-state index contributed by atoms with van der Waals surface area (Å²) in [6.45, 7) is 5.71. The minimum absolute atomic E-state index is 0.0577. The van der Waals surface area contributed by atoms with E-state index in [1.54, 1.807) is 36.0 Å². The maximum atomic E-state index is 12.4. The van der Waals surface area contributed by atoms with Crippen LogP contribution in [-0.4, -0.2) is 37.3 Å². The maximum Gasteiger partial charge on any atom is 0.251 e. The van der Waals surface area contributed by atoms with E-state index in [9.17, 15) is 9.59 Å². The molecule has 28 heavy (non-hydrogen) atoms. The lowest BCUT2D eigenvalue weighted by Gasteiger charge is -2.13. The number of hydrogen-bond acceptors (Lipinski definition) is 4. The van der Waals surface area contributed by atoms with E-state index < -0.39 is 0 Å². The van der Waals surface area contributed by atoms with E-state index in [0.717, 1.165) is 11.3 Å². The number of hydrogen-bond donors (Lipinski definition) is 2. The van der Waals surface area contributed by atoms with E-state index in [4.69, 9.17) is 4.74 Å². The molecule has 0 heterocycles. The Bertz CT molecular complexity index is 752. The van der Waals surface area contributed by atoms with Gasteiger partial charge in [-0.15, -0.1) is 11.8 Å². The van der Waals surface area contributed by atoms with Gasteiger partial charge in [-0.25, -0.2) is 0 Å². The van der Waals surface area contributed by atoms with Crippen molar-refractivity contribution in [2.24, 2.45) is 5.92 Å². The second kappa shape index (κ2) is 12.2. The molecule has 2 aromatic rings. The molecule has 1 atom stereocenters. The van der Waals surface area contributed by atoms with E-state index in [1.807, 2.05) is 44.2 Å². The molecule has 150 valence electrons. The summed E-state index contributed by atoms with van der Waals surface area (Å²) in [4.78, 5) is 25.8. The predicted molar refractivity (Wildman–Crippen MR) is 115 cm³/mol. The first-order valence-electron chi connectivity index (χ1n) is 9.55. The number of carbonyl (C=O) groups excluding carboxylic acids is 2. The number of rotatable bonds is 11.